The van der Waals surface area contributed by atoms with Crippen molar-refractivity contribution < 1.29 is 17.8 Å². The number of halogens is 1. The molecule has 1 aromatic heterocycles. The lowest BCUT2D eigenvalue weighted by Crippen LogP contribution is -2.47. The highest BCUT2D eigenvalue weighted by Gasteiger charge is 2.35. The van der Waals surface area contributed by atoms with Crippen LogP contribution in [0.2, 0.25) is 0 Å². The Morgan fingerprint density at radius 2 is 2.11 bits per heavy atom. The van der Waals surface area contributed by atoms with Crippen molar-refractivity contribution in [3.63, 3.8) is 0 Å². The summed E-state index contributed by atoms with van der Waals surface area (Å²) in [7, 11) is 1.58. The van der Waals surface area contributed by atoms with Gasteiger partial charge in [-0.1, -0.05) is 18.2 Å². The van der Waals surface area contributed by atoms with Gasteiger partial charge in [0.25, 0.3) is 0 Å². The summed E-state index contributed by atoms with van der Waals surface area (Å²) in [5.41, 5.74) is 5.85. The molecule has 4 heterocycles. The molecular weight excluding hydrogens is 503 g/mol. The lowest BCUT2D eigenvalue weighted by Gasteiger charge is -2.35. The van der Waals surface area contributed by atoms with E-state index in [0.29, 0.717) is 45.2 Å². The second-order valence-electron chi connectivity index (χ2n) is 10.3. The molecule has 2 atom stereocenters. The topological polar surface area (TPSA) is 61.8 Å². The van der Waals surface area contributed by atoms with E-state index in [2.05, 4.69) is 54.7 Å². The number of quaternary nitrogens is 1. The first kappa shape index (κ1) is 26.6. The van der Waals surface area contributed by atoms with Gasteiger partial charge in [0.05, 0.1) is 44.9 Å². The maximum Gasteiger partial charge on any atom is 0.354 e. The highest BCUT2D eigenvalue weighted by molar-refractivity contribution is 7.74. The Bertz CT molecular complexity index is 1270. The molecule has 0 bridgehead atoms. The number of ether oxygens (including phenoxy) is 1. The van der Waals surface area contributed by atoms with Crippen LogP contribution in [0.15, 0.2) is 42.8 Å². The van der Waals surface area contributed by atoms with Gasteiger partial charge in [-0.2, -0.15) is 13.9 Å². The number of rotatable bonds is 6. The van der Waals surface area contributed by atoms with Crippen LogP contribution in [-0.4, -0.2) is 77.2 Å². The largest absolute Gasteiger partial charge is 0.467 e. The van der Waals surface area contributed by atoms with Gasteiger partial charge in [-0.15, -0.1) is 0 Å². The summed E-state index contributed by atoms with van der Waals surface area (Å²) in [4.78, 5) is 28.8. The van der Waals surface area contributed by atoms with Crippen LogP contribution in [0.3, 0.4) is 0 Å². The van der Waals surface area contributed by atoms with Crippen molar-refractivity contribution in [1.29, 1.82) is 0 Å². The monoisotopic (exact) mass is 539 g/mol. The number of carbonyl (C=O) groups excluding carboxylic acids is 1. The number of methoxy groups -OCH3 is 1. The van der Waals surface area contributed by atoms with Crippen LogP contribution >= 0.6 is 12.8 Å². The first-order valence-corrected chi connectivity index (χ1v) is 13.6. The quantitative estimate of drug-likeness (QED) is 0.341. The van der Waals surface area contributed by atoms with Gasteiger partial charge in [-0.3, -0.25) is 4.90 Å². The molecule has 0 aliphatic carbocycles. The molecule has 8 nitrogen and oxygen atoms in total. The molecule has 1 fully saturated rings. The van der Waals surface area contributed by atoms with Gasteiger partial charge in [0, 0.05) is 43.5 Å². The number of thiol groups is 1. The van der Waals surface area contributed by atoms with Gasteiger partial charge in [0.1, 0.15) is 24.7 Å². The van der Waals surface area contributed by atoms with E-state index in [1.54, 1.807) is 19.4 Å². The number of fused-ring (bicyclic) bond motifs is 1. The minimum atomic E-state index is -0.765. The minimum Gasteiger partial charge on any atom is -0.467 e. The zero-order chi connectivity index (χ0) is 26.9. The van der Waals surface area contributed by atoms with Crippen molar-refractivity contribution in [2.75, 3.05) is 56.2 Å². The molecule has 3 aliphatic heterocycles. The van der Waals surface area contributed by atoms with Crippen molar-refractivity contribution in [1.82, 2.24) is 14.9 Å². The van der Waals surface area contributed by atoms with Crippen LogP contribution in [0.25, 0.3) is 0 Å². The smallest absolute Gasteiger partial charge is 0.354 e. The zero-order valence-corrected chi connectivity index (χ0v) is 23.2. The fourth-order valence-corrected chi connectivity index (χ4v) is 5.56. The lowest BCUT2D eigenvalue weighted by atomic mass is 10.0. The van der Waals surface area contributed by atoms with Crippen molar-refractivity contribution in [2.45, 2.75) is 39.4 Å². The van der Waals surface area contributed by atoms with E-state index in [4.69, 9.17) is 14.7 Å². The Labute approximate surface area is 229 Å². The Balaban J connectivity index is 1.32. The Morgan fingerprint density at radius 1 is 1.26 bits per heavy atom. The fourth-order valence-electron chi connectivity index (χ4n) is 5.34. The predicted octanol–water partition coefficient (Wildman–Crippen LogP) is 3.74. The molecule has 0 N–H and O–H groups in total. The third-order valence-corrected chi connectivity index (χ3v) is 8.32. The van der Waals surface area contributed by atoms with Gasteiger partial charge in [-0.05, 0) is 43.9 Å². The van der Waals surface area contributed by atoms with E-state index in [1.165, 1.54) is 16.8 Å². The standard InChI is InChI=1S/C28H36FN6O2S/c1-20-6-4-7-25(21(20)2)34-13-10-23-24(19-34)30-28(37-3)31-27(23)33-14-16-35(38,17-15-33)26(36)8-5-11-32-12-9-22(29)18-32/h4-8,14,16,22,38H,9-13,15,17-19H2,1-3H3/q+1/b8-5+. The summed E-state index contributed by atoms with van der Waals surface area (Å²) in [5, 5.41) is 0. The number of carbonyl (C=O) groups is 1. The normalized spacial score (nSPS) is 23.8. The van der Waals surface area contributed by atoms with Gasteiger partial charge in [-0.25, -0.2) is 9.18 Å². The van der Waals surface area contributed by atoms with Crippen LogP contribution < -0.4 is 14.5 Å². The van der Waals surface area contributed by atoms with Crippen LogP contribution in [0, 0.1) is 13.8 Å². The number of amides is 1. The highest BCUT2D eigenvalue weighted by atomic mass is 32.1. The number of hydrogen-bond donors (Lipinski definition) is 1. The number of aromatic nitrogens is 2. The predicted molar refractivity (Wildman–Crippen MR) is 150 cm³/mol. The second-order valence-corrected chi connectivity index (χ2v) is 11.0. The van der Waals surface area contributed by atoms with Crippen molar-refractivity contribution >= 4 is 30.2 Å². The van der Waals surface area contributed by atoms with E-state index >= 15 is 0 Å². The molecule has 5 rings (SSSR count). The highest BCUT2D eigenvalue weighted by Crippen LogP contribution is 2.34. The van der Waals surface area contributed by atoms with Gasteiger partial charge < -0.3 is 14.5 Å². The number of alkyl halides is 1. The number of aryl methyl sites for hydroxylation is 1. The molecule has 3 aliphatic rings. The molecule has 2 aromatic rings. The van der Waals surface area contributed by atoms with E-state index < -0.39 is 6.17 Å². The van der Waals surface area contributed by atoms with E-state index in [9.17, 15) is 9.18 Å². The van der Waals surface area contributed by atoms with Crippen molar-refractivity contribution in [2.24, 2.45) is 0 Å². The molecule has 202 valence electrons. The molecule has 1 amide bonds. The third kappa shape index (κ3) is 5.43. The van der Waals surface area contributed by atoms with Gasteiger partial charge in [0.2, 0.25) is 0 Å². The van der Waals surface area contributed by atoms with Crippen LogP contribution in [-0.2, 0) is 17.8 Å². The zero-order valence-electron chi connectivity index (χ0n) is 22.3. The molecule has 10 heteroatoms. The lowest BCUT2D eigenvalue weighted by molar-refractivity contribution is -0.651. The molecule has 1 aromatic carbocycles. The SMILES string of the molecule is COc1nc2c(c(N3C=C[N+](S)(C(=O)/C=C/CN4CCC(F)C4)CC3)n1)CCN(c1cccc(C)c1C)C2. The fraction of sp³-hybridized carbons (Fsp3) is 0.464. The van der Waals surface area contributed by atoms with Crippen LogP contribution in [0.1, 0.15) is 28.8 Å². The third-order valence-electron chi connectivity index (χ3n) is 7.79. The average molecular weight is 540 g/mol. The van der Waals surface area contributed by atoms with E-state index in [1.807, 2.05) is 17.2 Å². The summed E-state index contributed by atoms with van der Waals surface area (Å²) >= 11 is 4.69. The number of likely N-dealkylation sites (tertiary alicyclic amines) is 1. The first-order valence-electron chi connectivity index (χ1n) is 13.2. The molecule has 0 spiro atoms. The maximum absolute atomic E-state index is 13.4. The summed E-state index contributed by atoms with van der Waals surface area (Å²) in [5.74, 6) is 0.702. The number of anilines is 2. The van der Waals surface area contributed by atoms with Crippen molar-refractivity contribution in [3.8, 4) is 6.01 Å². The molecule has 1 saturated heterocycles. The molecule has 0 radical (unpaired) electrons. The summed E-state index contributed by atoms with van der Waals surface area (Å²) in [6, 6.07) is 6.74. The molecule has 2 unspecified atom stereocenters. The Morgan fingerprint density at radius 3 is 2.82 bits per heavy atom. The second kappa shape index (κ2) is 11.0. The molecule has 0 saturated carbocycles. The molecular formula is C28H36FN6O2S+. The van der Waals surface area contributed by atoms with Gasteiger partial charge in [0.15, 0.2) is 0 Å². The van der Waals surface area contributed by atoms with Crippen molar-refractivity contribution in [3.05, 3.63) is 65.1 Å². The number of hydrogen-bond acceptors (Lipinski definition) is 8. The Hall–Kier alpha value is -2.95. The number of nitrogens with zero attached hydrogens (tertiary/aromatic N) is 6. The number of benzene rings is 1. The summed E-state index contributed by atoms with van der Waals surface area (Å²) < 4.78 is 18.7. The van der Waals surface area contributed by atoms with Crippen LogP contribution in [0.5, 0.6) is 6.01 Å². The molecule has 38 heavy (non-hydrogen) atoms. The Kier molecular flexibility index (Phi) is 7.74. The maximum atomic E-state index is 13.4. The van der Waals surface area contributed by atoms with Gasteiger partial charge >= 0.3 is 11.9 Å². The average Bonchev–Trinajstić information content (AvgIpc) is 3.34. The first-order chi connectivity index (χ1) is 18.3. The summed E-state index contributed by atoms with van der Waals surface area (Å²) in [6.45, 7) is 8.63. The minimum absolute atomic E-state index is 0.119. The summed E-state index contributed by atoms with van der Waals surface area (Å²) in [6.07, 6.45) is 7.66. The van der Waals surface area contributed by atoms with E-state index in [-0.39, 0.29) is 9.80 Å². The van der Waals surface area contributed by atoms with Crippen LogP contribution in [0.4, 0.5) is 15.9 Å². The van der Waals surface area contributed by atoms with E-state index in [0.717, 1.165) is 36.6 Å².